The number of hydrogen-bond donors (Lipinski definition) is 2. The molecule has 5 nitrogen and oxygen atoms in total. The molecule has 0 aromatic carbocycles. The van der Waals surface area contributed by atoms with Gasteiger partial charge in [-0.25, -0.2) is 4.98 Å². The van der Waals surface area contributed by atoms with E-state index in [9.17, 15) is 0 Å². The highest BCUT2D eigenvalue weighted by Crippen LogP contribution is 2.10. The fourth-order valence-corrected chi connectivity index (χ4v) is 1.82. The van der Waals surface area contributed by atoms with Gasteiger partial charge in [-0.05, 0) is 19.1 Å². The number of rotatable bonds is 4. The maximum atomic E-state index is 5.58. The lowest BCUT2D eigenvalue weighted by Crippen LogP contribution is -2.10. The lowest BCUT2D eigenvalue weighted by Gasteiger charge is -2.06. The van der Waals surface area contributed by atoms with Gasteiger partial charge < -0.3 is 11.1 Å². The third-order valence-electron chi connectivity index (χ3n) is 2.62. The molecule has 0 radical (unpaired) electrons. The summed E-state index contributed by atoms with van der Waals surface area (Å²) >= 11 is 4.93. The van der Waals surface area contributed by atoms with Crippen LogP contribution >= 0.6 is 12.2 Å². The summed E-state index contributed by atoms with van der Waals surface area (Å²) in [7, 11) is 1.90. The Morgan fingerprint density at radius 2 is 2.33 bits per heavy atom. The molecule has 2 aromatic heterocycles. The first-order valence-corrected chi connectivity index (χ1v) is 5.96. The quantitative estimate of drug-likeness (QED) is 0.814. The number of aryl methyl sites for hydroxylation is 2. The summed E-state index contributed by atoms with van der Waals surface area (Å²) in [5.41, 5.74) is 8.54. The minimum atomic E-state index is 0.373. The second-order valence-corrected chi connectivity index (χ2v) is 4.50. The van der Waals surface area contributed by atoms with E-state index in [1.165, 1.54) is 0 Å². The van der Waals surface area contributed by atoms with Gasteiger partial charge in [-0.3, -0.25) is 4.68 Å². The standard InChI is InChI=1S/C12H15N5S/c1-8-10(7-17(2)16-8)6-15-11-5-9(12(13)18)3-4-14-11/h3-5,7H,6H2,1-2H3,(H2,13,18)(H,14,15). The van der Waals surface area contributed by atoms with Crippen LogP contribution in [0.4, 0.5) is 5.82 Å². The lowest BCUT2D eigenvalue weighted by molar-refractivity contribution is 0.756. The van der Waals surface area contributed by atoms with Crippen LogP contribution < -0.4 is 11.1 Å². The van der Waals surface area contributed by atoms with E-state index in [0.717, 1.165) is 22.6 Å². The number of nitrogens with two attached hydrogens (primary N) is 1. The van der Waals surface area contributed by atoms with Crippen LogP contribution in [0, 0.1) is 6.92 Å². The predicted octanol–water partition coefficient (Wildman–Crippen LogP) is 1.37. The van der Waals surface area contributed by atoms with Crippen LogP contribution in [0.5, 0.6) is 0 Å². The Hall–Kier alpha value is -1.95. The summed E-state index contributed by atoms with van der Waals surface area (Å²) in [4.78, 5) is 4.59. The maximum absolute atomic E-state index is 5.58. The van der Waals surface area contributed by atoms with E-state index in [-0.39, 0.29) is 0 Å². The second kappa shape index (κ2) is 5.14. The van der Waals surface area contributed by atoms with Crippen molar-refractivity contribution in [1.29, 1.82) is 0 Å². The third kappa shape index (κ3) is 2.84. The monoisotopic (exact) mass is 261 g/mol. The van der Waals surface area contributed by atoms with E-state index < -0.39 is 0 Å². The first kappa shape index (κ1) is 12.5. The molecule has 0 aliphatic carbocycles. The molecule has 0 aliphatic heterocycles. The van der Waals surface area contributed by atoms with Crippen molar-refractivity contribution in [3.8, 4) is 0 Å². The summed E-state index contributed by atoms with van der Waals surface area (Å²) in [5.74, 6) is 0.753. The van der Waals surface area contributed by atoms with Crippen molar-refractivity contribution >= 4 is 23.0 Å². The summed E-state index contributed by atoms with van der Waals surface area (Å²) in [6, 6.07) is 3.64. The van der Waals surface area contributed by atoms with Gasteiger partial charge in [-0.1, -0.05) is 12.2 Å². The van der Waals surface area contributed by atoms with Crippen molar-refractivity contribution in [3.63, 3.8) is 0 Å². The van der Waals surface area contributed by atoms with Crippen molar-refractivity contribution in [3.05, 3.63) is 41.3 Å². The molecule has 3 N–H and O–H groups in total. The van der Waals surface area contributed by atoms with E-state index in [1.54, 1.807) is 16.9 Å². The smallest absolute Gasteiger partial charge is 0.126 e. The zero-order chi connectivity index (χ0) is 13.1. The number of nitrogens with one attached hydrogen (secondary N) is 1. The second-order valence-electron chi connectivity index (χ2n) is 4.06. The molecule has 2 heterocycles. The molecule has 0 aliphatic rings. The largest absolute Gasteiger partial charge is 0.389 e. The summed E-state index contributed by atoms with van der Waals surface area (Å²) < 4.78 is 1.80. The van der Waals surface area contributed by atoms with E-state index in [0.29, 0.717) is 11.5 Å². The van der Waals surface area contributed by atoms with Crippen LogP contribution in [0.2, 0.25) is 0 Å². The average Bonchev–Trinajstić information content (AvgIpc) is 2.65. The van der Waals surface area contributed by atoms with Crippen LogP contribution in [-0.4, -0.2) is 19.8 Å². The fraction of sp³-hybridized carbons (Fsp3) is 0.250. The summed E-state index contributed by atoms with van der Waals surface area (Å²) in [6.07, 6.45) is 3.67. The first-order valence-electron chi connectivity index (χ1n) is 5.55. The molecule has 94 valence electrons. The summed E-state index contributed by atoms with van der Waals surface area (Å²) in [5, 5.41) is 7.52. The van der Waals surface area contributed by atoms with Crippen LogP contribution in [0.15, 0.2) is 24.5 Å². The Morgan fingerprint density at radius 3 is 2.94 bits per heavy atom. The Labute approximate surface area is 111 Å². The Kier molecular flexibility index (Phi) is 3.57. The van der Waals surface area contributed by atoms with Crippen molar-refractivity contribution in [2.24, 2.45) is 12.8 Å². The van der Waals surface area contributed by atoms with Gasteiger partial charge in [0, 0.05) is 37.1 Å². The zero-order valence-electron chi connectivity index (χ0n) is 10.3. The van der Waals surface area contributed by atoms with Gasteiger partial charge in [0.05, 0.1) is 5.69 Å². The molecule has 2 rings (SSSR count). The topological polar surface area (TPSA) is 68.8 Å². The Morgan fingerprint density at radius 1 is 1.56 bits per heavy atom. The molecular weight excluding hydrogens is 246 g/mol. The highest BCUT2D eigenvalue weighted by atomic mass is 32.1. The number of thiocarbonyl (C=S) groups is 1. The first-order chi connectivity index (χ1) is 8.56. The molecule has 0 amide bonds. The molecular formula is C12H15N5S. The van der Waals surface area contributed by atoms with Crippen LogP contribution in [0.3, 0.4) is 0 Å². The van der Waals surface area contributed by atoms with Crippen LogP contribution in [-0.2, 0) is 13.6 Å². The minimum Gasteiger partial charge on any atom is -0.389 e. The molecule has 0 atom stereocenters. The molecule has 0 unspecified atom stereocenters. The zero-order valence-corrected chi connectivity index (χ0v) is 11.2. The van der Waals surface area contributed by atoms with E-state index in [2.05, 4.69) is 15.4 Å². The van der Waals surface area contributed by atoms with Crippen molar-refractivity contribution in [2.45, 2.75) is 13.5 Å². The summed E-state index contributed by atoms with van der Waals surface area (Å²) in [6.45, 7) is 2.66. The Balaban J connectivity index is 2.08. The minimum absolute atomic E-state index is 0.373. The average molecular weight is 261 g/mol. The third-order valence-corrected chi connectivity index (χ3v) is 2.86. The van der Waals surface area contributed by atoms with Crippen LogP contribution in [0.1, 0.15) is 16.8 Å². The highest BCUT2D eigenvalue weighted by Gasteiger charge is 2.04. The molecule has 0 saturated carbocycles. The van der Waals surface area contributed by atoms with Gasteiger partial charge in [-0.15, -0.1) is 0 Å². The highest BCUT2D eigenvalue weighted by molar-refractivity contribution is 7.80. The van der Waals surface area contributed by atoms with E-state index in [4.69, 9.17) is 18.0 Å². The van der Waals surface area contributed by atoms with Gasteiger partial charge in [-0.2, -0.15) is 5.10 Å². The SMILES string of the molecule is Cc1nn(C)cc1CNc1cc(C(N)=S)ccn1. The van der Waals surface area contributed by atoms with Crippen molar-refractivity contribution in [1.82, 2.24) is 14.8 Å². The maximum Gasteiger partial charge on any atom is 0.126 e. The molecule has 0 bridgehead atoms. The number of aromatic nitrogens is 3. The lowest BCUT2D eigenvalue weighted by atomic mass is 10.2. The van der Waals surface area contributed by atoms with Gasteiger partial charge in [0.25, 0.3) is 0 Å². The normalized spacial score (nSPS) is 10.3. The molecule has 18 heavy (non-hydrogen) atoms. The van der Waals surface area contributed by atoms with E-state index in [1.807, 2.05) is 26.2 Å². The molecule has 2 aromatic rings. The number of pyridine rings is 1. The van der Waals surface area contributed by atoms with Crippen molar-refractivity contribution < 1.29 is 0 Å². The number of nitrogens with zero attached hydrogens (tertiary/aromatic N) is 3. The van der Waals surface area contributed by atoms with Crippen LogP contribution in [0.25, 0.3) is 0 Å². The molecule has 0 spiro atoms. The number of anilines is 1. The number of hydrogen-bond acceptors (Lipinski definition) is 4. The molecule has 0 fully saturated rings. The Bertz CT molecular complexity index is 576. The van der Waals surface area contributed by atoms with E-state index >= 15 is 0 Å². The fourth-order valence-electron chi connectivity index (χ4n) is 1.69. The molecule has 6 heteroatoms. The van der Waals surface area contributed by atoms with Gasteiger partial charge >= 0.3 is 0 Å². The predicted molar refractivity (Wildman–Crippen MR) is 75.4 cm³/mol. The van der Waals surface area contributed by atoms with Gasteiger partial charge in [0.15, 0.2) is 0 Å². The van der Waals surface area contributed by atoms with Gasteiger partial charge in [0.2, 0.25) is 0 Å². The van der Waals surface area contributed by atoms with Crippen molar-refractivity contribution in [2.75, 3.05) is 5.32 Å². The van der Waals surface area contributed by atoms with Gasteiger partial charge in [0.1, 0.15) is 10.8 Å². The molecule has 0 saturated heterocycles.